The fourth-order valence-corrected chi connectivity index (χ4v) is 1.83. The van der Waals surface area contributed by atoms with Crippen molar-refractivity contribution in [2.75, 3.05) is 7.11 Å². The number of rotatable bonds is 5. The van der Waals surface area contributed by atoms with E-state index in [0.717, 1.165) is 17.6 Å². The molecule has 3 heteroatoms. The molecule has 0 aliphatic heterocycles. The highest BCUT2D eigenvalue weighted by molar-refractivity contribution is 5.99. The van der Waals surface area contributed by atoms with E-state index in [1.807, 2.05) is 12.2 Å². The van der Waals surface area contributed by atoms with Crippen LogP contribution >= 0.6 is 0 Å². The van der Waals surface area contributed by atoms with Crippen molar-refractivity contribution in [2.45, 2.75) is 39.0 Å². The largest absolute Gasteiger partial charge is 0.469 e. The predicted octanol–water partition coefficient (Wildman–Crippen LogP) is 2.57. The van der Waals surface area contributed by atoms with E-state index < -0.39 is 0 Å². The van der Waals surface area contributed by atoms with Gasteiger partial charge >= 0.3 is 5.97 Å². The van der Waals surface area contributed by atoms with Crippen molar-refractivity contribution in [1.29, 1.82) is 0 Å². The molecule has 0 fully saturated rings. The summed E-state index contributed by atoms with van der Waals surface area (Å²) < 4.78 is 4.62. The highest BCUT2D eigenvalue weighted by Gasteiger charge is 2.23. The number of methoxy groups -OCH3 is 1. The third-order valence-corrected chi connectivity index (χ3v) is 2.73. The van der Waals surface area contributed by atoms with Crippen molar-refractivity contribution in [3.05, 3.63) is 23.3 Å². The van der Waals surface area contributed by atoms with Crippen LogP contribution in [0.25, 0.3) is 0 Å². The van der Waals surface area contributed by atoms with E-state index in [0.29, 0.717) is 19.3 Å². The van der Waals surface area contributed by atoms with Crippen LogP contribution in [-0.2, 0) is 14.3 Å². The summed E-state index contributed by atoms with van der Waals surface area (Å²) in [6.07, 6.45) is 7.17. The number of allylic oxidation sites excluding steroid dienone is 3. The molecule has 3 nitrogen and oxygen atoms in total. The van der Waals surface area contributed by atoms with Gasteiger partial charge in [-0.05, 0) is 24.8 Å². The first-order chi connectivity index (χ1) is 7.69. The summed E-state index contributed by atoms with van der Waals surface area (Å²) in [4.78, 5) is 22.8. The molecule has 16 heavy (non-hydrogen) atoms. The van der Waals surface area contributed by atoms with E-state index in [9.17, 15) is 9.59 Å². The molecule has 0 aromatic heterocycles. The van der Waals surface area contributed by atoms with Crippen molar-refractivity contribution in [3.8, 4) is 0 Å². The van der Waals surface area contributed by atoms with Crippen LogP contribution in [0, 0.1) is 0 Å². The third kappa shape index (κ3) is 3.33. The SMILES string of the molecule is CC/C=C/CC1=C(CC(=O)OC)CCC1=O. The van der Waals surface area contributed by atoms with Crippen molar-refractivity contribution in [1.82, 2.24) is 0 Å². The van der Waals surface area contributed by atoms with Crippen LogP contribution < -0.4 is 0 Å². The van der Waals surface area contributed by atoms with Gasteiger partial charge in [0.1, 0.15) is 0 Å². The Bertz CT molecular complexity index is 337. The molecular formula is C13H18O3. The monoisotopic (exact) mass is 222 g/mol. The number of hydrogen-bond acceptors (Lipinski definition) is 3. The van der Waals surface area contributed by atoms with Gasteiger partial charge in [0.25, 0.3) is 0 Å². The highest BCUT2D eigenvalue weighted by atomic mass is 16.5. The number of carbonyl (C=O) groups excluding carboxylic acids is 2. The molecule has 0 amide bonds. The zero-order valence-electron chi connectivity index (χ0n) is 9.91. The minimum absolute atomic E-state index is 0.180. The van der Waals surface area contributed by atoms with Gasteiger partial charge in [0.15, 0.2) is 5.78 Å². The van der Waals surface area contributed by atoms with Crippen LogP contribution in [0.2, 0.25) is 0 Å². The molecule has 0 atom stereocenters. The van der Waals surface area contributed by atoms with Crippen molar-refractivity contribution >= 4 is 11.8 Å². The Hall–Kier alpha value is -1.38. The van der Waals surface area contributed by atoms with Gasteiger partial charge in [0.2, 0.25) is 0 Å². The van der Waals surface area contributed by atoms with Gasteiger partial charge in [-0.3, -0.25) is 9.59 Å². The van der Waals surface area contributed by atoms with E-state index in [2.05, 4.69) is 11.7 Å². The van der Waals surface area contributed by atoms with Crippen LogP contribution in [-0.4, -0.2) is 18.9 Å². The molecule has 0 bridgehead atoms. The lowest BCUT2D eigenvalue weighted by atomic mass is 10.0. The zero-order valence-corrected chi connectivity index (χ0v) is 9.91. The molecule has 0 spiro atoms. The van der Waals surface area contributed by atoms with Crippen molar-refractivity contribution in [3.63, 3.8) is 0 Å². The van der Waals surface area contributed by atoms with Crippen LogP contribution in [0.5, 0.6) is 0 Å². The molecule has 0 unspecified atom stereocenters. The number of ketones is 1. The number of esters is 1. The number of carbonyl (C=O) groups is 2. The Morgan fingerprint density at radius 1 is 1.38 bits per heavy atom. The minimum atomic E-state index is -0.262. The molecule has 1 aliphatic rings. The van der Waals surface area contributed by atoms with Gasteiger partial charge in [0.05, 0.1) is 13.5 Å². The Morgan fingerprint density at radius 2 is 2.12 bits per heavy atom. The second kappa shape index (κ2) is 6.26. The fraction of sp³-hybridized carbons (Fsp3) is 0.538. The minimum Gasteiger partial charge on any atom is -0.469 e. The lowest BCUT2D eigenvalue weighted by Crippen LogP contribution is -2.02. The highest BCUT2D eigenvalue weighted by Crippen LogP contribution is 2.28. The summed E-state index contributed by atoms with van der Waals surface area (Å²) >= 11 is 0. The van der Waals surface area contributed by atoms with E-state index in [1.54, 1.807) is 0 Å². The average molecular weight is 222 g/mol. The van der Waals surface area contributed by atoms with Crippen LogP contribution in [0.4, 0.5) is 0 Å². The molecular weight excluding hydrogens is 204 g/mol. The first kappa shape index (κ1) is 12.7. The molecule has 1 aliphatic carbocycles. The molecule has 0 saturated carbocycles. The average Bonchev–Trinajstić information content (AvgIpc) is 2.61. The molecule has 0 heterocycles. The Balaban J connectivity index is 2.71. The number of ether oxygens (including phenoxy) is 1. The molecule has 1 rings (SSSR count). The van der Waals surface area contributed by atoms with Crippen LogP contribution in [0.1, 0.15) is 39.0 Å². The van der Waals surface area contributed by atoms with Crippen LogP contribution in [0.3, 0.4) is 0 Å². The first-order valence-electron chi connectivity index (χ1n) is 5.65. The van der Waals surface area contributed by atoms with Gasteiger partial charge < -0.3 is 4.74 Å². The van der Waals surface area contributed by atoms with Crippen molar-refractivity contribution < 1.29 is 14.3 Å². The van der Waals surface area contributed by atoms with E-state index in [-0.39, 0.29) is 18.2 Å². The molecule has 0 radical (unpaired) electrons. The normalized spacial score (nSPS) is 16.2. The Kier molecular flexibility index (Phi) is 4.96. The summed E-state index contributed by atoms with van der Waals surface area (Å²) in [5, 5.41) is 0. The molecule has 0 N–H and O–H groups in total. The first-order valence-corrected chi connectivity index (χ1v) is 5.65. The summed E-state index contributed by atoms with van der Waals surface area (Å²) in [7, 11) is 1.37. The van der Waals surface area contributed by atoms with E-state index in [1.165, 1.54) is 7.11 Å². The standard InChI is InChI=1S/C13H18O3/c1-3-4-5-6-11-10(7-8-12(11)14)9-13(15)16-2/h4-5H,3,6-9H2,1-2H3/b5-4+. The second-order valence-corrected chi connectivity index (χ2v) is 3.84. The summed E-state index contributed by atoms with van der Waals surface area (Å²) in [5.41, 5.74) is 1.77. The molecule has 0 aromatic rings. The van der Waals surface area contributed by atoms with Gasteiger partial charge in [0, 0.05) is 6.42 Å². The summed E-state index contributed by atoms with van der Waals surface area (Å²) in [5.74, 6) is -0.0821. The lowest BCUT2D eigenvalue weighted by Gasteiger charge is -2.03. The maximum absolute atomic E-state index is 11.6. The summed E-state index contributed by atoms with van der Waals surface area (Å²) in [6, 6.07) is 0. The Morgan fingerprint density at radius 3 is 2.75 bits per heavy atom. The molecule has 88 valence electrons. The maximum Gasteiger partial charge on any atom is 0.309 e. The topological polar surface area (TPSA) is 43.4 Å². The fourth-order valence-electron chi connectivity index (χ4n) is 1.83. The van der Waals surface area contributed by atoms with Gasteiger partial charge in [-0.2, -0.15) is 0 Å². The lowest BCUT2D eigenvalue weighted by molar-refractivity contribution is -0.139. The van der Waals surface area contributed by atoms with Gasteiger partial charge in [-0.25, -0.2) is 0 Å². The maximum atomic E-state index is 11.6. The van der Waals surface area contributed by atoms with Gasteiger partial charge in [-0.15, -0.1) is 0 Å². The van der Waals surface area contributed by atoms with Crippen LogP contribution in [0.15, 0.2) is 23.3 Å². The molecule has 0 saturated heterocycles. The quantitative estimate of drug-likeness (QED) is 0.530. The van der Waals surface area contributed by atoms with E-state index in [4.69, 9.17) is 0 Å². The third-order valence-electron chi connectivity index (χ3n) is 2.73. The van der Waals surface area contributed by atoms with E-state index >= 15 is 0 Å². The second-order valence-electron chi connectivity index (χ2n) is 3.84. The van der Waals surface area contributed by atoms with Crippen molar-refractivity contribution in [2.24, 2.45) is 0 Å². The summed E-state index contributed by atoms with van der Waals surface area (Å²) in [6.45, 7) is 2.05. The van der Waals surface area contributed by atoms with Gasteiger partial charge in [-0.1, -0.05) is 24.6 Å². The molecule has 0 aromatic carbocycles. The number of Topliss-reactive ketones (excluding diaryl/α,β-unsaturated/α-hetero) is 1. The number of hydrogen-bond donors (Lipinski definition) is 0. The zero-order chi connectivity index (χ0) is 12.0. The predicted molar refractivity (Wildman–Crippen MR) is 61.9 cm³/mol. The smallest absolute Gasteiger partial charge is 0.309 e. The Labute approximate surface area is 96.2 Å².